The summed E-state index contributed by atoms with van der Waals surface area (Å²) in [5.74, 6) is 0.0551. The summed E-state index contributed by atoms with van der Waals surface area (Å²) in [4.78, 5) is 1.86. The number of para-hydroxylation sites is 1. The van der Waals surface area contributed by atoms with Crippen LogP contribution < -0.4 is 15.0 Å². The van der Waals surface area contributed by atoms with E-state index in [1.165, 1.54) is 3.97 Å². The van der Waals surface area contributed by atoms with E-state index in [0.29, 0.717) is 24.4 Å². The van der Waals surface area contributed by atoms with Crippen molar-refractivity contribution in [3.63, 3.8) is 0 Å². The molecule has 0 amide bonds. The molecule has 10 heteroatoms. The number of fused-ring (bicyclic) bond motifs is 1. The second kappa shape index (κ2) is 7.27. The van der Waals surface area contributed by atoms with Crippen LogP contribution in [-0.4, -0.2) is 44.9 Å². The summed E-state index contributed by atoms with van der Waals surface area (Å²) in [7, 11) is -4.04. The molecular formula is C19H18F3N3O3S. The molecule has 0 spiro atoms. The SMILES string of the molecule is O=S(=O)(c1ccc(OC(F)(F)F)cc1)n1c(N2CCNCC2)cc2ccccc21. The highest BCUT2D eigenvalue weighted by Crippen LogP contribution is 2.32. The summed E-state index contributed by atoms with van der Waals surface area (Å²) in [5.41, 5.74) is 0.511. The summed E-state index contributed by atoms with van der Waals surface area (Å²) in [6.07, 6.45) is -4.84. The standard InChI is InChI=1S/C19H18F3N3O3S/c20-19(21,22)28-15-5-7-16(8-6-15)29(26,27)25-17-4-2-1-3-14(17)13-18(25)24-11-9-23-10-12-24/h1-8,13,23H,9-12H2. The van der Waals surface area contributed by atoms with E-state index >= 15 is 0 Å². The minimum atomic E-state index is -4.84. The largest absolute Gasteiger partial charge is 0.573 e. The smallest absolute Gasteiger partial charge is 0.406 e. The monoisotopic (exact) mass is 425 g/mol. The van der Waals surface area contributed by atoms with E-state index in [-0.39, 0.29) is 4.90 Å². The van der Waals surface area contributed by atoms with Gasteiger partial charge in [-0.1, -0.05) is 18.2 Å². The maximum Gasteiger partial charge on any atom is 0.573 e. The molecule has 0 atom stereocenters. The van der Waals surface area contributed by atoms with Gasteiger partial charge in [-0.25, -0.2) is 12.4 Å². The molecule has 0 saturated carbocycles. The molecule has 3 aromatic rings. The van der Waals surface area contributed by atoms with E-state index in [9.17, 15) is 21.6 Å². The second-order valence-electron chi connectivity index (χ2n) is 6.59. The highest BCUT2D eigenvalue weighted by Gasteiger charge is 2.31. The third-order valence-electron chi connectivity index (χ3n) is 4.68. The van der Waals surface area contributed by atoms with E-state index < -0.39 is 22.1 Å². The van der Waals surface area contributed by atoms with Gasteiger partial charge in [0.15, 0.2) is 0 Å². The molecule has 0 bridgehead atoms. The van der Waals surface area contributed by atoms with Crippen LogP contribution in [0.15, 0.2) is 59.5 Å². The van der Waals surface area contributed by atoms with Gasteiger partial charge >= 0.3 is 6.36 Å². The lowest BCUT2D eigenvalue weighted by Gasteiger charge is -2.30. The third-order valence-corrected chi connectivity index (χ3v) is 6.42. The fourth-order valence-corrected chi connectivity index (χ4v) is 4.93. The zero-order valence-electron chi connectivity index (χ0n) is 15.2. The minimum absolute atomic E-state index is 0.121. The van der Waals surface area contributed by atoms with E-state index in [2.05, 4.69) is 10.1 Å². The normalized spacial score (nSPS) is 15.6. The van der Waals surface area contributed by atoms with Crippen molar-refractivity contribution in [1.29, 1.82) is 0 Å². The van der Waals surface area contributed by atoms with Crippen LogP contribution in [0.25, 0.3) is 10.9 Å². The van der Waals surface area contributed by atoms with E-state index in [1.807, 2.05) is 23.1 Å². The Morgan fingerprint density at radius 1 is 0.966 bits per heavy atom. The summed E-state index contributed by atoms with van der Waals surface area (Å²) < 4.78 is 69.1. The number of alkyl halides is 3. The first kappa shape index (κ1) is 19.6. The molecule has 1 N–H and O–H groups in total. The van der Waals surface area contributed by atoms with Gasteiger partial charge in [0.1, 0.15) is 11.6 Å². The van der Waals surface area contributed by atoms with Crippen molar-refractivity contribution in [2.75, 3.05) is 31.1 Å². The maximum absolute atomic E-state index is 13.4. The zero-order valence-corrected chi connectivity index (χ0v) is 16.0. The minimum Gasteiger partial charge on any atom is -0.406 e. The van der Waals surface area contributed by atoms with Gasteiger partial charge in [-0.05, 0) is 36.4 Å². The fraction of sp³-hybridized carbons (Fsp3) is 0.263. The Morgan fingerprint density at radius 2 is 1.62 bits per heavy atom. The first-order valence-corrected chi connectivity index (χ1v) is 10.4. The van der Waals surface area contributed by atoms with Crippen molar-refractivity contribution < 1.29 is 26.3 Å². The second-order valence-corrected chi connectivity index (χ2v) is 8.37. The molecule has 1 aliphatic heterocycles. The maximum atomic E-state index is 13.4. The molecule has 0 radical (unpaired) electrons. The number of aromatic nitrogens is 1. The number of hydrogen-bond donors (Lipinski definition) is 1. The molecule has 1 aliphatic rings. The average molecular weight is 425 g/mol. The molecule has 2 heterocycles. The Kier molecular flexibility index (Phi) is 4.91. The predicted octanol–water partition coefficient (Wildman–Crippen LogP) is 3.19. The molecule has 1 fully saturated rings. The van der Waals surface area contributed by atoms with E-state index in [0.717, 1.165) is 42.7 Å². The van der Waals surface area contributed by atoms with Crippen molar-refractivity contribution in [1.82, 2.24) is 9.29 Å². The number of halogens is 3. The van der Waals surface area contributed by atoms with Crippen LogP contribution >= 0.6 is 0 Å². The fourth-order valence-electron chi connectivity index (χ4n) is 3.40. The number of rotatable bonds is 4. The molecule has 154 valence electrons. The quantitative estimate of drug-likeness (QED) is 0.696. The highest BCUT2D eigenvalue weighted by atomic mass is 32.2. The Morgan fingerprint density at radius 3 is 2.28 bits per heavy atom. The summed E-state index contributed by atoms with van der Waals surface area (Å²) in [6, 6.07) is 13.2. The van der Waals surface area contributed by atoms with Crippen molar-refractivity contribution in [3.8, 4) is 5.75 Å². The van der Waals surface area contributed by atoms with Gasteiger partial charge in [0.05, 0.1) is 10.4 Å². The number of benzene rings is 2. The molecule has 0 aliphatic carbocycles. The van der Waals surface area contributed by atoms with Crippen LogP contribution in [-0.2, 0) is 10.0 Å². The number of anilines is 1. The highest BCUT2D eigenvalue weighted by molar-refractivity contribution is 7.90. The number of nitrogens with zero attached hydrogens (tertiary/aromatic N) is 2. The molecule has 29 heavy (non-hydrogen) atoms. The lowest BCUT2D eigenvalue weighted by molar-refractivity contribution is -0.274. The van der Waals surface area contributed by atoms with Crippen LogP contribution in [0.1, 0.15) is 0 Å². The van der Waals surface area contributed by atoms with Gasteiger partial charge in [-0.2, -0.15) is 0 Å². The Labute approximate surface area is 165 Å². The van der Waals surface area contributed by atoms with Crippen LogP contribution in [0.3, 0.4) is 0 Å². The number of nitrogens with one attached hydrogen (secondary N) is 1. The Bertz CT molecular complexity index is 1120. The van der Waals surface area contributed by atoms with Crippen LogP contribution in [0.5, 0.6) is 5.75 Å². The zero-order chi connectivity index (χ0) is 20.6. The van der Waals surface area contributed by atoms with Gasteiger partial charge in [0.25, 0.3) is 10.0 Å². The van der Waals surface area contributed by atoms with Gasteiger partial charge < -0.3 is 15.0 Å². The van der Waals surface area contributed by atoms with Gasteiger partial charge in [-0.3, -0.25) is 0 Å². The summed E-state index contributed by atoms with van der Waals surface area (Å²) in [6.45, 7) is 2.74. The average Bonchev–Trinajstić information content (AvgIpc) is 3.08. The van der Waals surface area contributed by atoms with Crippen molar-refractivity contribution >= 4 is 26.7 Å². The van der Waals surface area contributed by atoms with Crippen LogP contribution in [0.4, 0.5) is 19.0 Å². The van der Waals surface area contributed by atoms with Gasteiger partial charge in [-0.15, -0.1) is 13.2 Å². The molecule has 2 aromatic carbocycles. The molecular weight excluding hydrogens is 407 g/mol. The molecule has 1 saturated heterocycles. The molecule has 0 unspecified atom stereocenters. The topological polar surface area (TPSA) is 63.6 Å². The molecule has 1 aromatic heterocycles. The van der Waals surface area contributed by atoms with Crippen molar-refractivity contribution in [2.45, 2.75) is 11.3 Å². The lowest BCUT2D eigenvalue weighted by atomic mass is 10.2. The number of hydrogen-bond acceptors (Lipinski definition) is 5. The van der Waals surface area contributed by atoms with Crippen LogP contribution in [0.2, 0.25) is 0 Å². The first-order chi connectivity index (χ1) is 13.8. The number of ether oxygens (including phenoxy) is 1. The molecule has 4 rings (SSSR count). The van der Waals surface area contributed by atoms with E-state index in [1.54, 1.807) is 12.1 Å². The number of piperazine rings is 1. The third kappa shape index (κ3) is 3.90. The Hall–Kier alpha value is -2.72. The van der Waals surface area contributed by atoms with Crippen LogP contribution in [0, 0.1) is 0 Å². The lowest BCUT2D eigenvalue weighted by Crippen LogP contribution is -2.44. The first-order valence-electron chi connectivity index (χ1n) is 8.93. The van der Waals surface area contributed by atoms with Crippen molar-refractivity contribution in [3.05, 3.63) is 54.6 Å². The van der Waals surface area contributed by atoms with Gasteiger partial charge in [0.2, 0.25) is 0 Å². The van der Waals surface area contributed by atoms with E-state index in [4.69, 9.17) is 0 Å². The van der Waals surface area contributed by atoms with Crippen molar-refractivity contribution in [2.24, 2.45) is 0 Å². The Balaban J connectivity index is 1.80. The van der Waals surface area contributed by atoms with Gasteiger partial charge in [0, 0.05) is 31.6 Å². The summed E-state index contributed by atoms with van der Waals surface area (Å²) >= 11 is 0. The molecule has 6 nitrogen and oxygen atoms in total. The predicted molar refractivity (Wildman–Crippen MR) is 103 cm³/mol. The summed E-state index contributed by atoms with van der Waals surface area (Å²) in [5, 5.41) is 3.99.